The Morgan fingerprint density at radius 3 is 2.64 bits per heavy atom. The summed E-state index contributed by atoms with van der Waals surface area (Å²) in [7, 11) is 0. The van der Waals surface area contributed by atoms with Crippen molar-refractivity contribution in [3.05, 3.63) is 29.3 Å². The number of nitrogens with one attached hydrogen (secondary N) is 1. The largest absolute Gasteiger partial charge is 0.391 e. The maximum atomic E-state index is 12.7. The van der Waals surface area contributed by atoms with Gasteiger partial charge in [0.05, 0.1) is 5.92 Å². The predicted molar refractivity (Wildman–Crippen MR) is 77.9 cm³/mol. The number of alkyl halides is 3. The molecule has 1 fully saturated rings. The average molecular weight is 312 g/mol. The van der Waals surface area contributed by atoms with E-state index in [1.807, 2.05) is 12.1 Å². The van der Waals surface area contributed by atoms with Crippen LogP contribution in [0.15, 0.2) is 18.2 Å². The number of halogens is 3. The van der Waals surface area contributed by atoms with E-state index in [9.17, 15) is 18.0 Å². The summed E-state index contributed by atoms with van der Waals surface area (Å²) in [5.74, 6) is -1.41. The van der Waals surface area contributed by atoms with Gasteiger partial charge in [0, 0.05) is 30.9 Å². The van der Waals surface area contributed by atoms with Crippen LogP contribution in [-0.4, -0.2) is 36.6 Å². The first-order chi connectivity index (χ1) is 10.5. The van der Waals surface area contributed by atoms with E-state index in [0.717, 1.165) is 30.6 Å². The van der Waals surface area contributed by atoms with E-state index in [-0.39, 0.29) is 31.8 Å². The zero-order valence-electron chi connectivity index (χ0n) is 12.2. The number of amides is 1. The topological polar surface area (TPSA) is 32.3 Å². The number of hydrogen-bond donors (Lipinski definition) is 1. The number of fused-ring (bicyclic) bond motifs is 1. The predicted octanol–water partition coefficient (Wildman–Crippen LogP) is 3.46. The summed E-state index contributed by atoms with van der Waals surface area (Å²) in [5.41, 5.74) is 2.61. The summed E-state index contributed by atoms with van der Waals surface area (Å²) < 4.78 is 38.1. The molecule has 0 atom stereocenters. The van der Waals surface area contributed by atoms with Crippen LogP contribution >= 0.6 is 0 Å². The van der Waals surface area contributed by atoms with E-state index < -0.39 is 12.1 Å². The average Bonchev–Trinajstić information content (AvgIpc) is 2.53. The second-order valence-corrected chi connectivity index (χ2v) is 5.97. The Morgan fingerprint density at radius 2 is 1.95 bits per heavy atom. The maximum absolute atomic E-state index is 12.7. The van der Waals surface area contributed by atoms with Crippen LogP contribution in [-0.2, 0) is 6.42 Å². The molecule has 0 saturated carbocycles. The second kappa shape index (κ2) is 5.82. The van der Waals surface area contributed by atoms with Crippen molar-refractivity contribution < 1.29 is 18.0 Å². The van der Waals surface area contributed by atoms with Crippen LogP contribution in [0.4, 0.5) is 18.9 Å². The van der Waals surface area contributed by atoms with E-state index in [1.165, 1.54) is 0 Å². The highest BCUT2D eigenvalue weighted by molar-refractivity contribution is 5.97. The van der Waals surface area contributed by atoms with Gasteiger partial charge in [0.15, 0.2) is 0 Å². The summed E-state index contributed by atoms with van der Waals surface area (Å²) in [6, 6.07) is 5.55. The van der Waals surface area contributed by atoms with Gasteiger partial charge in [0.25, 0.3) is 5.91 Å². The minimum atomic E-state index is -4.15. The first kappa shape index (κ1) is 15.2. The SMILES string of the molecule is O=C(c1cccc2c1CCCN2)N1CCC(C(F)(F)F)CC1. The molecule has 1 N–H and O–H groups in total. The van der Waals surface area contributed by atoms with Gasteiger partial charge in [-0.25, -0.2) is 0 Å². The molecule has 1 saturated heterocycles. The standard InChI is InChI=1S/C16H19F3N2O/c17-16(18,19)11-6-9-21(10-7-11)15(22)13-3-1-5-14-12(13)4-2-8-20-14/h1,3,5,11,20H,2,4,6-10H2. The van der Waals surface area contributed by atoms with Gasteiger partial charge >= 0.3 is 6.18 Å². The minimum absolute atomic E-state index is 0.00249. The molecule has 0 unspecified atom stereocenters. The van der Waals surface area contributed by atoms with Crippen LogP contribution in [0, 0.1) is 5.92 Å². The summed E-state index contributed by atoms with van der Waals surface area (Å²) in [5, 5.41) is 3.27. The molecule has 0 aromatic heterocycles. The van der Waals surface area contributed by atoms with Crippen molar-refractivity contribution in [1.29, 1.82) is 0 Å². The highest BCUT2D eigenvalue weighted by atomic mass is 19.4. The fourth-order valence-corrected chi connectivity index (χ4v) is 3.29. The Hall–Kier alpha value is -1.72. The molecular weight excluding hydrogens is 293 g/mol. The van der Waals surface area contributed by atoms with E-state index >= 15 is 0 Å². The molecule has 1 aromatic carbocycles. The van der Waals surface area contributed by atoms with Crippen LogP contribution in [0.2, 0.25) is 0 Å². The van der Waals surface area contributed by atoms with Crippen molar-refractivity contribution in [3.8, 4) is 0 Å². The fraction of sp³-hybridized carbons (Fsp3) is 0.562. The monoisotopic (exact) mass is 312 g/mol. The molecule has 3 rings (SSSR count). The van der Waals surface area contributed by atoms with Crippen LogP contribution in [0.25, 0.3) is 0 Å². The number of piperidine rings is 1. The van der Waals surface area contributed by atoms with E-state index in [4.69, 9.17) is 0 Å². The van der Waals surface area contributed by atoms with Gasteiger partial charge in [-0.1, -0.05) is 6.07 Å². The molecule has 2 heterocycles. The van der Waals surface area contributed by atoms with Crippen molar-refractivity contribution in [3.63, 3.8) is 0 Å². The van der Waals surface area contributed by atoms with Crippen molar-refractivity contribution in [2.75, 3.05) is 25.0 Å². The summed E-state index contributed by atoms with van der Waals surface area (Å²) in [4.78, 5) is 14.2. The van der Waals surface area contributed by atoms with Crippen molar-refractivity contribution >= 4 is 11.6 Å². The molecule has 6 heteroatoms. The minimum Gasteiger partial charge on any atom is -0.385 e. The summed E-state index contributed by atoms with van der Waals surface area (Å²) in [6.45, 7) is 1.25. The van der Waals surface area contributed by atoms with Crippen molar-refractivity contribution in [2.45, 2.75) is 31.9 Å². The Kier molecular flexibility index (Phi) is 4.02. The Bertz CT molecular complexity index is 563. The maximum Gasteiger partial charge on any atom is 0.391 e. The summed E-state index contributed by atoms with van der Waals surface area (Å²) in [6.07, 6.45) is -2.34. The Balaban J connectivity index is 1.73. The van der Waals surface area contributed by atoms with E-state index in [2.05, 4.69) is 5.32 Å². The molecule has 120 valence electrons. The molecule has 0 bridgehead atoms. The smallest absolute Gasteiger partial charge is 0.385 e. The molecule has 0 radical (unpaired) electrons. The molecule has 1 aromatic rings. The van der Waals surface area contributed by atoms with Gasteiger partial charge in [-0.15, -0.1) is 0 Å². The van der Waals surface area contributed by atoms with Crippen LogP contribution < -0.4 is 5.32 Å². The number of benzene rings is 1. The third kappa shape index (κ3) is 2.91. The quantitative estimate of drug-likeness (QED) is 0.861. The number of hydrogen-bond acceptors (Lipinski definition) is 2. The molecule has 3 nitrogen and oxygen atoms in total. The first-order valence-electron chi connectivity index (χ1n) is 7.68. The van der Waals surface area contributed by atoms with Gasteiger partial charge in [-0.2, -0.15) is 13.2 Å². The molecular formula is C16H19F3N2O. The Labute approximate surface area is 127 Å². The summed E-state index contributed by atoms with van der Waals surface area (Å²) >= 11 is 0. The Morgan fingerprint density at radius 1 is 1.23 bits per heavy atom. The number of anilines is 1. The molecule has 2 aliphatic heterocycles. The number of carbonyl (C=O) groups is 1. The number of rotatable bonds is 1. The number of carbonyl (C=O) groups excluding carboxylic acids is 1. The molecule has 1 amide bonds. The lowest BCUT2D eigenvalue weighted by Gasteiger charge is -2.33. The van der Waals surface area contributed by atoms with Crippen LogP contribution in [0.1, 0.15) is 35.2 Å². The zero-order valence-corrected chi connectivity index (χ0v) is 12.2. The number of likely N-dealkylation sites (tertiary alicyclic amines) is 1. The van der Waals surface area contributed by atoms with Gasteiger partial charge < -0.3 is 10.2 Å². The van der Waals surface area contributed by atoms with Gasteiger partial charge in [0.2, 0.25) is 0 Å². The van der Waals surface area contributed by atoms with Crippen LogP contribution in [0.5, 0.6) is 0 Å². The molecule has 2 aliphatic rings. The van der Waals surface area contributed by atoms with Gasteiger partial charge in [-0.05, 0) is 43.4 Å². The molecule has 0 aliphatic carbocycles. The lowest BCUT2D eigenvalue weighted by Crippen LogP contribution is -2.42. The molecule has 22 heavy (non-hydrogen) atoms. The first-order valence-corrected chi connectivity index (χ1v) is 7.68. The fourth-order valence-electron chi connectivity index (χ4n) is 3.29. The second-order valence-electron chi connectivity index (χ2n) is 5.97. The highest BCUT2D eigenvalue weighted by Gasteiger charge is 2.41. The lowest BCUT2D eigenvalue weighted by molar-refractivity contribution is -0.183. The lowest BCUT2D eigenvalue weighted by atomic mass is 9.93. The third-order valence-corrected chi connectivity index (χ3v) is 4.57. The highest BCUT2D eigenvalue weighted by Crippen LogP contribution is 2.35. The zero-order chi connectivity index (χ0) is 15.7. The van der Waals surface area contributed by atoms with Gasteiger partial charge in [-0.3, -0.25) is 4.79 Å². The van der Waals surface area contributed by atoms with Crippen LogP contribution in [0.3, 0.4) is 0 Å². The van der Waals surface area contributed by atoms with E-state index in [0.29, 0.717) is 5.56 Å². The number of nitrogens with zero attached hydrogens (tertiary/aromatic N) is 1. The van der Waals surface area contributed by atoms with E-state index in [1.54, 1.807) is 11.0 Å². The molecule has 0 spiro atoms. The van der Waals surface area contributed by atoms with Gasteiger partial charge in [0.1, 0.15) is 0 Å². The normalized spacial score (nSPS) is 19.5. The third-order valence-electron chi connectivity index (χ3n) is 4.57. The van der Waals surface area contributed by atoms with Crippen molar-refractivity contribution in [1.82, 2.24) is 4.90 Å². The van der Waals surface area contributed by atoms with Crippen molar-refractivity contribution in [2.24, 2.45) is 5.92 Å².